The number of thiophene rings is 1. The molecule has 0 saturated heterocycles. The zero-order chi connectivity index (χ0) is 15.2. The highest BCUT2D eigenvalue weighted by Crippen LogP contribution is 2.21. The van der Waals surface area contributed by atoms with Crippen molar-refractivity contribution >= 4 is 29.0 Å². The molecule has 3 aromatic rings. The summed E-state index contributed by atoms with van der Waals surface area (Å²) in [6.07, 6.45) is 0. The Kier molecular flexibility index (Phi) is 4.87. The molecule has 7 heteroatoms. The molecule has 1 aromatic carbocycles. The van der Waals surface area contributed by atoms with Crippen LogP contribution in [-0.4, -0.2) is 21.8 Å². The van der Waals surface area contributed by atoms with Gasteiger partial charge in [0.2, 0.25) is 17.6 Å². The number of aromatic nitrogens is 2. The lowest BCUT2D eigenvalue weighted by molar-refractivity contribution is -0.118. The molecule has 1 N–H and O–H groups in total. The van der Waals surface area contributed by atoms with Gasteiger partial charge in [-0.2, -0.15) is 4.98 Å². The molecule has 3 rings (SSSR count). The van der Waals surface area contributed by atoms with Crippen LogP contribution in [0.15, 0.2) is 57.3 Å². The van der Waals surface area contributed by atoms with Crippen LogP contribution in [0.2, 0.25) is 0 Å². The van der Waals surface area contributed by atoms with Gasteiger partial charge >= 0.3 is 0 Å². The number of carbonyl (C=O) groups excluding carboxylic acids is 1. The molecule has 0 bridgehead atoms. The van der Waals surface area contributed by atoms with Crippen molar-refractivity contribution in [3.63, 3.8) is 0 Å². The smallest absolute Gasteiger partial charge is 0.246 e. The van der Waals surface area contributed by atoms with Crippen LogP contribution in [0.3, 0.4) is 0 Å². The highest BCUT2D eigenvalue weighted by molar-refractivity contribution is 8.00. The van der Waals surface area contributed by atoms with Crippen LogP contribution in [0, 0.1) is 0 Å². The quantitative estimate of drug-likeness (QED) is 0.703. The van der Waals surface area contributed by atoms with Gasteiger partial charge in [-0.25, -0.2) is 0 Å². The Hall–Kier alpha value is -2.12. The third-order valence-electron chi connectivity index (χ3n) is 2.76. The van der Waals surface area contributed by atoms with E-state index in [-0.39, 0.29) is 12.5 Å². The summed E-state index contributed by atoms with van der Waals surface area (Å²) in [5, 5.41) is 8.63. The van der Waals surface area contributed by atoms with Crippen molar-refractivity contribution in [1.82, 2.24) is 15.5 Å². The van der Waals surface area contributed by atoms with Crippen LogP contribution in [0.25, 0.3) is 10.7 Å². The molecule has 0 saturated carbocycles. The van der Waals surface area contributed by atoms with Crippen LogP contribution >= 0.6 is 23.1 Å². The van der Waals surface area contributed by atoms with Crippen molar-refractivity contribution in [1.29, 1.82) is 0 Å². The lowest BCUT2D eigenvalue weighted by Crippen LogP contribution is -2.24. The summed E-state index contributed by atoms with van der Waals surface area (Å²) in [4.78, 5) is 18.1. The number of hydrogen-bond donors (Lipinski definition) is 1. The van der Waals surface area contributed by atoms with E-state index < -0.39 is 0 Å². The molecule has 112 valence electrons. The van der Waals surface area contributed by atoms with Crippen LogP contribution < -0.4 is 5.32 Å². The number of nitrogens with one attached hydrogen (secondary N) is 1. The summed E-state index contributed by atoms with van der Waals surface area (Å²) in [5.74, 6) is 1.25. The standard InChI is InChI=1S/C15H13N3O2S2/c19-13(10-22-11-5-2-1-3-6-11)16-9-14-17-15(18-20-14)12-7-4-8-21-12/h1-8H,9-10H2,(H,16,19). The van der Waals surface area contributed by atoms with Gasteiger partial charge < -0.3 is 9.84 Å². The van der Waals surface area contributed by atoms with E-state index in [2.05, 4.69) is 15.5 Å². The summed E-state index contributed by atoms with van der Waals surface area (Å²) in [5.41, 5.74) is 0. The number of hydrogen-bond acceptors (Lipinski definition) is 6. The molecule has 2 heterocycles. The van der Waals surface area contributed by atoms with Gasteiger partial charge in [-0.15, -0.1) is 23.1 Å². The molecule has 22 heavy (non-hydrogen) atoms. The molecule has 0 atom stereocenters. The molecule has 1 amide bonds. The summed E-state index contributed by atoms with van der Waals surface area (Å²) >= 11 is 3.03. The zero-order valence-corrected chi connectivity index (χ0v) is 13.2. The lowest BCUT2D eigenvalue weighted by atomic mass is 10.4. The van der Waals surface area contributed by atoms with Gasteiger partial charge in [0.1, 0.15) is 0 Å². The predicted molar refractivity (Wildman–Crippen MR) is 86.6 cm³/mol. The van der Waals surface area contributed by atoms with Gasteiger partial charge in [0.25, 0.3) is 0 Å². The second kappa shape index (κ2) is 7.24. The Balaban J connectivity index is 1.47. The molecular weight excluding hydrogens is 318 g/mol. The maximum Gasteiger partial charge on any atom is 0.246 e. The van der Waals surface area contributed by atoms with Gasteiger partial charge in [-0.3, -0.25) is 4.79 Å². The van der Waals surface area contributed by atoms with E-state index in [1.807, 2.05) is 47.8 Å². The summed E-state index contributed by atoms with van der Waals surface area (Å²) in [6, 6.07) is 13.7. The first-order valence-electron chi connectivity index (χ1n) is 6.62. The molecule has 0 fully saturated rings. The number of carbonyl (C=O) groups is 1. The summed E-state index contributed by atoms with van der Waals surface area (Å²) < 4.78 is 5.13. The van der Waals surface area contributed by atoms with E-state index in [9.17, 15) is 4.79 Å². The molecule has 2 aromatic heterocycles. The lowest BCUT2D eigenvalue weighted by Gasteiger charge is -2.02. The average Bonchev–Trinajstić information content (AvgIpc) is 3.22. The van der Waals surface area contributed by atoms with Crippen molar-refractivity contribution in [2.75, 3.05) is 5.75 Å². The minimum atomic E-state index is -0.0651. The van der Waals surface area contributed by atoms with Crippen molar-refractivity contribution in [3.8, 4) is 10.7 Å². The van der Waals surface area contributed by atoms with E-state index in [4.69, 9.17) is 4.52 Å². The van der Waals surface area contributed by atoms with E-state index in [1.54, 1.807) is 11.3 Å². The fraction of sp³-hybridized carbons (Fsp3) is 0.133. The predicted octanol–water partition coefficient (Wildman–Crippen LogP) is 3.21. The van der Waals surface area contributed by atoms with Crippen molar-refractivity contribution in [2.24, 2.45) is 0 Å². The number of benzene rings is 1. The monoisotopic (exact) mass is 331 g/mol. The maximum atomic E-state index is 11.8. The minimum Gasteiger partial charge on any atom is -0.346 e. The number of nitrogens with zero attached hydrogens (tertiary/aromatic N) is 2. The Bertz CT molecular complexity index is 726. The molecule has 0 aliphatic carbocycles. The molecule has 0 unspecified atom stereocenters. The zero-order valence-electron chi connectivity index (χ0n) is 11.6. The topological polar surface area (TPSA) is 68.0 Å². The SMILES string of the molecule is O=C(CSc1ccccc1)NCc1nc(-c2cccs2)no1. The third kappa shape index (κ3) is 3.96. The number of rotatable bonds is 6. The minimum absolute atomic E-state index is 0.0651. The van der Waals surface area contributed by atoms with Crippen LogP contribution in [0.5, 0.6) is 0 Å². The van der Waals surface area contributed by atoms with Crippen molar-refractivity contribution in [2.45, 2.75) is 11.4 Å². The summed E-state index contributed by atoms with van der Waals surface area (Å²) in [7, 11) is 0. The first-order valence-corrected chi connectivity index (χ1v) is 8.49. The second-order valence-corrected chi connectivity index (χ2v) is 6.36. The fourth-order valence-corrected chi connectivity index (χ4v) is 3.12. The highest BCUT2D eigenvalue weighted by atomic mass is 32.2. The molecular formula is C15H13N3O2S2. The first kappa shape index (κ1) is 14.8. The maximum absolute atomic E-state index is 11.8. The van der Waals surface area contributed by atoms with Gasteiger partial charge in [-0.05, 0) is 23.6 Å². The normalized spacial score (nSPS) is 10.5. The van der Waals surface area contributed by atoms with E-state index >= 15 is 0 Å². The highest BCUT2D eigenvalue weighted by Gasteiger charge is 2.10. The molecule has 0 radical (unpaired) electrons. The number of amides is 1. The van der Waals surface area contributed by atoms with E-state index in [0.29, 0.717) is 17.5 Å². The molecule has 5 nitrogen and oxygen atoms in total. The summed E-state index contributed by atoms with van der Waals surface area (Å²) in [6.45, 7) is 0.243. The van der Waals surface area contributed by atoms with Crippen LogP contribution in [0.4, 0.5) is 0 Å². The van der Waals surface area contributed by atoms with Crippen LogP contribution in [-0.2, 0) is 11.3 Å². The van der Waals surface area contributed by atoms with Gasteiger partial charge in [0.15, 0.2) is 0 Å². The van der Waals surface area contributed by atoms with Crippen LogP contribution in [0.1, 0.15) is 5.89 Å². The number of thioether (sulfide) groups is 1. The van der Waals surface area contributed by atoms with E-state index in [1.165, 1.54) is 11.8 Å². The van der Waals surface area contributed by atoms with Gasteiger partial charge in [0.05, 0.1) is 17.2 Å². The third-order valence-corrected chi connectivity index (χ3v) is 4.64. The Labute approximate surface area is 135 Å². The van der Waals surface area contributed by atoms with Gasteiger partial charge in [-0.1, -0.05) is 29.4 Å². The largest absolute Gasteiger partial charge is 0.346 e. The van der Waals surface area contributed by atoms with Gasteiger partial charge in [0, 0.05) is 4.90 Å². The molecule has 0 aliphatic rings. The molecule has 0 spiro atoms. The molecule has 0 aliphatic heterocycles. The average molecular weight is 331 g/mol. The van der Waals surface area contributed by atoms with Crippen molar-refractivity contribution in [3.05, 3.63) is 53.7 Å². The first-order chi connectivity index (χ1) is 10.8. The Morgan fingerprint density at radius 1 is 1.23 bits per heavy atom. The van der Waals surface area contributed by atoms with E-state index in [0.717, 1.165) is 9.77 Å². The Morgan fingerprint density at radius 2 is 2.09 bits per heavy atom. The Morgan fingerprint density at radius 3 is 2.86 bits per heavy atom. The second-order valence-electron chi connectivity index (χ2n) is 4.37. The fourth-order valence-electron chi connectivity index (χ4n) is 1.72. The van der Waals surface area contributed by atoms with Crippen molar-refractivity contribution < 1.29 is 9.32 Å².